The summed E-state index contributed by atoms with van der Waals surface area (Å²) in [5.74, 6) is 1.57. The van der Waals surface area contributed by atoms with Gasteiger partial charge in [0.1, 0.15) is 6.61 Å². The number of thiophene rings is 1. The summed E-state index contributed by atoms with van der Waals surface area (Å²) >= 11 is 1.68. The SMILES string of the molecule is CCCNC(C)c1ccc(OCc2ccsc2)c(OC)c1. The number of hydrogen-bond donors (Lipinski definition) is 1. The van der Waals surface area contributed by atoms with E-state index in [1.165, 1.54) is 11.1 Å². The number of nitrogens with one attached hydrogen (secondary N) is 1. The Bertz CT molecular complexity index is 540. The van der Waals surface area contributed by atoms with Crippen molar-refractivity contribution in [3.05, 3.63) is 46.2 Å². The molecule has 0 saturated heterocycles. The van der Waals surface area contributed by atoms with Gasteiger partial charge in [0, 0.05) is 6.04 Å². The molecule has 2 aromatic rings. The molecular formula is C17H23NO2S. The van der Waals surface area contributed by atoms with Gasteiger partial charge in [0.2, 0.25) is 0 Å². The van der Waals surface area contributed by atoms with Gasteiger partial charge < -0.3 is 14.8 Å². The highest BCUT2D eigenvalue weighted by Crippen LogP contribution is 2.31. The summed E-state index contributed by atoms with van der Waals surface area (Å²) < 4.78 is 11.3. The van der Waals surface area contributed by atoms with Crippen molar-refractivity contribution < 1.29 is 9.47 Å². The van der Waals surface area contributed by atoms with Crippen LogP contribution in [0.25, 0.3) is 0 Å². The molecule has 0 radical (unpaired) electrons. The summed E-state index contributed by atoms with van der Waals surface area (Å²) in [6.07, 6.45) is 1.13. The van der Waals surface area contributed by atoms with E-state index in [1.54, 1.807) is 18.4 Å². The molecule has 0 aliphatic heterocycles. The lowest BCUT2D eigenvalue weighted by Crippen LogP contribution is -2.19. The van der Waals surface area contributed by atoms with Gasteiger partial charge in [-0.1, -0.05) is 13.0 Å². The molecule has 0 aliphatic rings. The van der Waals surface area contributed by atoms with E-state index < -0.39 is 0 Å². The minimum atomic E-state index is 0.310. The smallest absolute Gasteiger partial charge is 0.161 e. The molecule has 0 bridgehead atoms. The third kappa shape index (κ3) is 4.48. The highest BCUT2D eigenvalue weighted by atomic mass is 32.1. The van der Waals surface area contributed by atoms with E-state index in [0.717, 1.165) is 24.5 Å². The second-order valence-corrected chi connectivity index (χ2v) is 5.79. The van der Waals surface area contributed by atoms with Gasteiger partial charge in [-0.3, -0.25) is 0 Å². The molecule has 1 heterocycles. The van der Waals surface area contributed by atoms with Crippen LogP contribution in [0.3, 0.4) is 0 Å². The number of rotatable bonds is 8. The first-order valence-electron chi connectivity index (χ1n) is 7.29. The summed E-state index contributed by atoms with van der Waals surface area (Å²) in [7, 11) is 1.68. The fourth-order valence-electron chi connectivity index (χ4n) is 2.09. The van der Waals surface area contributed by atoms with Gasteiger partial charge in [-0.2, -0.15) is 11.3 Å². The van der Waals surface area contributed by atoms with Gasteiger partial charge >= 0.3 is 0 Å². The number of benzene rings is 1. The molecule has 0 saturated carbocycles. The Kier molecular flexibility index (Phi) is 6.08. The molecule has 0 aliphatic carbocycles. The second-order valence-electron chi connectivity index (χ2n) is 5.01. The summed E-state index contributed by atoms with van der Waals surface area (Å²) in [6.45, 7) is 5.92. The van der Waals surface area contributed by atoms with Crippen LogP contribution in [0.4, 0.5) is 0 Å². The van der Waals surface area contributed by atoms with E-state index in [4.69, 9.17) is 9.47 Å². The lowest BCUT2D eigenvalue weighted by Gasteiger charge is -2.16. The van der Waals surface area contributed by atoms with Crippen LogP contribution in [0.1, 0.15) is 37.4 Å². The molecule has 0 spiro atoms. The summed E-state index contributed by atoms with van der Waals surface area (Å²) in [5, 5.41) is 7.63. The number of ether oxygens (including phenoxy) is 2. The molecule has 3 nitrogen and oxygen atoms in total. The Hall–Kier alpha value is -1.52. The Labute approximate surface area is 130 Å². The van der Waals surface area contributed by atoms with Crippen molar-refractivity contribution in [1.82, 2.24) is 5.32 Å². The normalized spacial score (nSPS) is 12.1. The van der Waals surface area contributed by atoms with Gasteiger partial charge in [-0.15, -0.1) is 0 Å². The summed E-state index contributed by atoms with van der Waals surface area (Å²) in [6, 6.07) is 8.52. The van der Waals surface area contributed by atoms with Crippen molar-refractivity contribution in [2.45, 2.75) is 32.9 Å². The van der Waals surface area contributed by atoms with E-state index in [1.807, 2.05) is 6.07 Å². The first kappa shape index (κ1) is 15.9. The molecule has 1 unspecified atom stereocenters. The van der Waals surface area contributed by atoms with Gasteiger partial charge in [-0.25, -0.2) is 0 Å². The van der Waals surface area contributed by atoms with Crippen molar-refractivity contribution in [3.63, 3.8) is 0 Å². The zero-order valence-electron chi connectivity index (χ0n) is 12.9. The Morgan fingerprint density at radius 3 is 2.76 bits per heavy atom. The molecule has 2 rings (SSSR count). The zero-order valence-corrected chi connectivity index (χ0v) is 13.7. The molecule has 21 heavy (non-hydrogen) atoms. The van der Waals surface area contributed by atoms with Crippen molar-refractivity contribution >= 4 is 11.3 Å². The van der Waals surface area contributed by atoms with Crippen molar-refractivity contribution in [1.29, 1.82) is 0 Å². The van der Waals surface area contributed by atoms with Crippen LogP contribution in [0.2, 0.25) is 0 Å². The monoisotopic (exact) mass is 305 g/mol. The lowest BCUT2D eigenvalue weighted by molar-refractivity contribution is 0.284. The van der Waals surface area contributed by atoms with E-state index in [0.29, 0.717) is 12.6 Å². The van der Waals surface area contributed by atoms with Crippen molar-refractivity contribution in [2.24, 2.45) is 0 Å². The maximum Gasteiger partial charge on any atom is 0.161 e. The highest BCUT2D eigenvalue weighted by Gasteiger charge is 2.10. The largest absolute Gasteiger partial charge is 0.493 e. The first-order valence-corrected chi connectivity index (χ1v) is 8.24. The van der Waals surface area contributed by atoms with Crippen LogP contribution in [-0.4, -0.2) is 13.7 Å². The maximum absolute atomic E-state index is 5.85. The lowest BCUT2D eigenvalue weighted by atomic mass is 10.1. The van der Waals surface area contributed by atoms with Crippen LogP contribution >= 0.6 is 11.3 Å². The summed E-state index contributed by atoms with van der Waals surface area (Å²) in [5.41, 5.74) is 2.40. The minimum absolute atomic E-state index is 0.310. The number of methoxy groups -OCH3 is 1. The molecule has 114 valence electrons. The average Bonchev–Trinajstić information content (AvgIpc) is 3.03. The predicted octanol–water partition coefficient (Wildman–Crippen LogP) is 4.40. The quantitative estimate of drug-likeness (QED) is 0.784. The fraction of sp³-hybridized carbons (Fsp3) is 0.412. The molecule has 1 aromatic heterocycles. The molecule has 1 atom stereocenters. The predicted molar refractivity (Wildman–Crippen MR) is 88.4 cm³/mol. The average molecular weight is 305 g/mol. The van der Waals surface area contributed by atoms with Crippen LogP contribution in [0.15, 0.2) is 35.0 Å². The van der Waals surface area contributed by atoms with Crippen LogP contribution in [0.5, 0.6) is 11.5 Å². The van der Waals surface area contributed by atoms with Crippen LogP contribution < -0.4 is 14.8 Å². The van der Waals surface area contributed by atoms with Crippen molar-refractivity contribution in [2.75, 3.05) is 13.7 Å². The third-order valence-corrected chi connectivity index (χ3v) is 4.09. The van der Waals surface area contributed by atoms with Crippen LogP contribution in [-0.2, 0) is 6.61 Å². The Balaban J connectivity index is 2.05. The van der Waals surface area contributed by atoms with Gasteiger partial charge in [-0.05, 0) is 60.0 Å². The van der Waals surface area contributed by atoms with Gasteiger partial charge in [0.15, 0.2) is 11.5 Å². The molecule has 1 N–H and O–H groups in total. The van der Waals surface area contributed by atoms with Crippen molar-refractivity contribution in [3.8, 4) is 11.5 Å². The standard InChI is InChI=1S/C17H23NO2S/c1-4-8-18-13(2)15-5-6-16(17(10-15)19-3)20-11-14-7-9-21-12-14/h5-7,9-10,12-13,18H,4,8,11H2,1-3H3. The van der Waals surface area contributed by atoms with E-state index in [-0.39, 0.29) is 0 Å². The Morgan fingerprint density at radius 2 is 2.10 bits per heavy atom. The topological polar surface area (TPSA) is 30.5 Å². The van der Waals surface area contributed by atoms with Crippen LogP contribution in [0, 0.1) is 0 Å². The van der Waals surface area contributed by atoms with Gasteiger partial charge in [0.05, 0.1) is 7.11 Å². The third-order valence-electron chi connectivity index (χ3n) is 3.36. The minimum Gasteiger partial charge on any atom is -0.493 e. The highest BCUT2D eigenvalue weighted by molar-refractivity contribution is 7.07. The molecular weight excluding hydrogens is 282 g/mol. The Morgan fingerprint density at radius 1 is 1.24 bits per heavy atom. The molecule has 0 fully saturated rings. The van der Waals surface area contributed by atoms with E-state index in [2.05, 4.69) is 48.1 Å². The molecule has 4 heteroatoms. The van der Waals surface area contributed by atoms with E-state index in [9.17, 15) is 0 Å². The number of hydrogen-bond acceptors (Lipinski definition) is 4. The molecule has 1 aromatic carbocycles. The zero-order chi connectivity index (χ0) is 15.1. The fourth-order valence-corrected chi connectivity index (χ4v) is 2.74. The van der Waals surface area contributed by atoms with E-state index >= 15 is 0 Å². The first-order chi connectivity index (χ1) is 10.2. The maximum atomic E-state index is 5.85. The second kappa shape index (κ2) is 8.05. The summed E-state index contributed by atoms with van der Waals surface area (Å²) in [4.78, 5) is 0. The molecule has 0 amide bonds. The van der Waals surface area contributed by atoms with Gasteiger partial charge in [0.25, 0.3) is 0 Å².